The highest BCUT2D eigenvalue weighted by Gasteiger charge is 2.24. The van der Waals surface area contributed by atoms with Crippen molar-refractivity contribution in [1.29, 1.82) is 0 Å². The molecule has 20 heavy (non-hydrogen) atoms. The van der Waals surface area contributed by atoms with Crippen molar-refractivity contribution in [3.8, 4) is 5.75 Å². The van der Waals surface area contributed by atoms with E-state index >= 15 is 0 Å². The minimum atomic E-state index is 0.148. The zero-order chi connectivity index (χ0) is 13.9. The first-order chi connectivity index (χ1) is 9.78. The third-order valence-electron chi connectivity index (χ3n) is 3.58. The van der Waals surface area contributed by atoms with Gasteiger partial charge in [0.25, 0.3) is 0 Å². The van der Waals surface area contributed by atoms with E-state index in [2.05, 4.69) is 41.6 Å². The van der Waals surface area contributed by atoms with E-state index in [0.29, 0.717) is 6.10 Å². The minimum absolute atomic E-state index is 0.148. The van der Waals surface area contributed by atoms with E-state index in [-0.39, 0.29) is 6.04 Å². The van der Waals surface area contributed by atoms with Crippen LogP contribution in [0.15, 0.2) is 36.5 Å². The molecular formula is C16H21N3O. The number of nitrogens with zero attached hydrogens (tertiary/aromatic N) is 2. The second-order valence-electron chi connectivity index (χ2n) is 5.26. The lowest BCUT2D eigenvalue weighted by Crippen LogP contribution is -2.24. The van der Waals surface area contributed by atoms with E-state index < -0.39 is 0 Å². The summed E-state index contributed by atoms with van der Waals surface area (Å²) in [5.41, 5.74) is 2.38. The van der Waals surface area contributed by atoms with Gasteiger partial charge in [0.1, 0.15) is 5.75 Å². The van der Waals surface area contributed by atoms with E-state index in [0.717, 1.165) is 18.0 Å². The van der Waals surface area contributed by atoms with Crippen molar-refractivity contribution in [1.82, 2.24) is 15.1 Å². The smallest absolute Gasteiger partial charge is 0.120 e. The van der Waals surface area contributed by atoms with Crippen LogP contribution in [0.3, 0.4) is 0 Å². The Bertz CT molecular complexity index is 575. The number of rotatable bonds is 6. The maximum absolute atomic E-state index is 5.89. The fraction of sp³-hybridized carbons (Fsp3) is 0.438. The highest BCUT2D eigenvalue weighted by molar-refractivity contribution is 5.35. The van der Waals surface area contributed by atoms with Crippen LogP contribution in [0.5, 0.6) is 5.75 Å². The van der Waals surface area contributed by atoms with Gasteiger partial charge < -0.3 is 10.1 Å². The number of aromatic nitrogens is 2. The van der Waals surface area contributed by atoms with Crippen molar-refractivity contribution in [2.24, 2.45) is 7.05 Å². The van der Waals surface area contributed by atoms with Crippen LogP contribution in [0.4, 0.5) is 0 Å². The molecule has 1 aromatic carbocycles. The van der Waals surface area contributed by atoms with Crippen LogP contribution in [-0.2, 0) is 7.05 Å². The number of ether oxygens (including phenoxy) is 1. The number of nitrogens with one attached hydrogen (secondary N) is 1. The van der Waals surface area contributed by atoms with Gasteiger partial charge in [-0.2, -0.15) is 5.10 Å². The molecule has 4 heteroatoms. The first-order valence-corrected chi connectivity index (χ1v) is 7.26. The van der Waals surface area contributed by atoms with Crippen molar-refractivity contribution in [2.45, 2.75) is 31.9 Å². The number of benzene rings is 1. The van der Waals surface area contributed by atoms with Crippen LogP contribution in [0.2, 0.25) is 0 Å². The minimum Gasteiger partial charge on any atom is -0.490 e. The quantitative estimate of drug-likeness (QED) is 0.878. The third-order valence-corrected chi connectivity index (χ3v) is 3.58. The number of hydrogen-bond acceptors (Lipinski definition) is 3. The first-order valence-electron chi connectivity index (χ1n) is 7.26. The summed E-state index contributed by atoms with van der Waals surface area (Å²) >= 11 is 0. The van der Waals surface area contributed by atoms with Crippen LogP contribution in [0.1, 0.15) is 37.1 Å². The molecule has 1 N–H and O–H groups in total. The molecule has 0 radical (unpaired) electrons. The molecule has 1 atom stereocenters. The molecule has 1 heterocycles. The van der Waals surface area contributed by atoms with Gasteiger partial charge in [-0.1, -0.05) is 19.1 Å². The fourth-order valence-corrected chi connectivity index (χ4v) is 2.41. The van der Waals surface area contributed by atoms with Crippen LogP contribution < -0.4 is 10.1 Å². The molecule has 1 fully saturated rings. The first kappa shape index (κ1) is 13.2. The van der Waals surface area contributed by atoms with Crippen molar-refractivity contribution >= 4 is 0 Å². The van der Waals surface area contributed by atoms with Crippen molar-refractivity contribution in [3.05, 3.63) is 47.8 Å². The molecule has 0 spiro atoms. The Morgan fingerprint density at radius 1 is 1.40 bits per heavy atom. The maximum Gasteiger partial charge on any atom is 0.120 e. The summed E-state index contributed by atoms with van der Waals surface area (Å²) in [6, 6.07) is 10.6. The zero-order valence-corrected chi connectivity index (χ0v) is 12.0. The second-order valence-corrected chi connectivity index (χ2v) is 5.26. The van der Waals surface area contributed by atoms with Gasteiger partial charge in [-0.25, -0.2) is 0 Å². The Morgan fingerprint density at radius 2 is 2.25 bits per heavy atom. The predicted octanol–water partition coefficient (Wildman–Crippen LogP) is 2.66. The molecule has 1 saturated carbocycles. The maximum atomic E-state index is 5.89. The van der Waals surface area contributed by atoms with E-state index in [1.165, 1.54) is 18.4 Å². The molecule has 106 valence electrons. The number of aryl methyl sites for hydroxylation is 1. The molecule has 0 bridgehead atoms. The summed E-state index contributed by atoms with van der Waals surface area (Å²) in [5.74, 6) is 0.968. The Balaban J connectivity index is 1.88. The SMILES string of the molecule is CCNC(c1cccc(OC2CC2)c1)c1ccnn1C. The normalized spacial score (nSPS) is 16.1. The Hall–Kier alpha value is -1.81. The summed E-state index contributed by atoms with van der Waals surface area (Å²) in [6.07, 6.45) is 4.63. The monoisotopic (exact) mass is 271 g/mol. The molecule has 1 aliphatic rings. The van der Waals surface area contributed by atoms with Gasteiger partial charge in [-0.15, -0.1) is 0 Å². The zero-order valence-electron chi connectivity index (χ0n) is 12.0. The fourth-order valence-electron chi connectivity index (χ4n) is 2.41. The topological polar surface area (TPSA) is 39.1 Å². The molecule has 2 aromatic rings. The second kappa shape index (κ2) is 5.67. The molecule has 4 nitrogen and oxygen atoms in total. The third kappa shape index (κ3) is 2.85. The summed E-state index contributed by atoms with van der Waals surface area (Å²) in [5, 5.41) is 7.79. The highest BCUT2D eigenvalue weighted by Crippen LogP contribution is 2.29. The van der Waals surface area contributed by atoms with Crippen LogP contribution in [0.25, 0.3) is 0 Å². The molecule has 1 aromatic heterocycles. The average Bonchev–Trinajstić information content (AvgIpc) is 3.16. The van der Waals surface area contributed by atoms with Crippen molar-refractivity contribution < 1.29 is 4.74 Å². The Kier molecular flexibility index (Phi) is 3.74. The largest absolute Gasteiger partial charge is 0.490 e. The molecule has 1 unspecified atom stereocenters. The van der Waals surface area contributed by atoms with Crippen LogP contribution in [0, 0.1) is 0 Å². The van der Waals surface area contributed by atoms with Gasteiger partial charge in [0.15, 0.2) is 0 Å². The summed E-state index contributed by atoms with van der Waals surface area (Å²) in [6.45, 7) is 3.03. The molecule has 1 aliphatic carbocycles. The van der Waals surface area contributed by atoms with Gasteiger partial charge >= 0.3 is 0 Å². The van der Waals surface area contributed by atoms with E-state index in [9.17, 15) is 0 Å². The van der Waals surface area contributed by atoms with Gasteiger partial charge in [0.05, 0.1) is 17.8 Å². The lowest BCUT2D eigenvalue weighted by atomic mass is 10.0. The van der Waals surface area contributed by atoms with Crippen molar-refractivity contribution in [2.75, 3.05) is 6.54 Å². The summed E-state index contributed by atoms with van der Waals surface area (Å²) in [7, 11) is 1.98. The lowest BCUT2D eigenvalue weighted by Gasteiger charge is -2.19. The van der Waals surface area contributed by atoms with Gasteiger partial charge in [0, 0.05) is 13.2 Å². The molecule has 0 amide bonds. The summed E-state index contributed by atoms with van der Waals surface area (Å²) in [4.78, 5) is 0. The number of hydrogen-bond donors (Lipinski definition) is 1. The molecule has 3 rings (SSSR count). The van der Waals surface area contributed by atoms with Crippen LogP contribution in [-0.4, -0.2) is 22.4 Å². The van der Waals surface area contributed by atoms with Crippen molar-refractivity contribution in [3.63, 3.8) is 0 Å². The summed E-state index contributed by atoms with van der Waals surface area (Å²) < 4.78 is 7.81. The molecule has 0 saturated heterocycles. The van der Waals surface area contributed by atoms with E-state index in [1.807, 2.05) is 24.0 Å². The van der Waals surface area contributed by atoms with Gasteiger partial charge in [-0.05, 0) is 43.1 Å². The van der Waals surface area contributed by atoms with Crippen LogP contribution >= 0.6 is 0 Å². The Labute approximate surface area is 119 Å². The highest BCUT2D eigenvalue weighted by atomic mass is 16.5. The van der Waals surface area contributed by atoms with Gasteiger partial charge in [0.2, 0.25) is 0 Å². The predicted molar refractivity (Wildman–Crippen MR) is 78.8 cm³/mol. The van der Waals surface area contributed by atoms with Gasteiger partial charge in [-0.3, -0.25) is 4.68 Å². The van der Waals surface area contributed by atoms with E-state index in [4.69, 9.17) is 4.74 Å². The molecule has 0 aliphatic heterocycles. The van der Waals surface area contributed by atoms with E-state index in [1.54, 1.807) is 0 Å². The average molecular weight is 271 g/mol. The molecular weight excluding hydrogens is 250 g/mol. The Morgan fingerprint density at radius 3 is 2.90 bits per heavy atom. The standard InChI is InChI=1S/C16H21N3O/c1-3-17-16(15-9-10-18-19(15)2)12-5-4-6-14(11-12)20-13-7-8-13/h4-6,9-11,13,16-17H,3,7-8H2,1-2H3. The lowest BCUT2D eigenvalue weighted by molar-refractivity contribution is 0.302.